The molecule has 0 saturated heterocycles. The standard InChI is InChI=1S/C19H17NO5/c21-18(13-5-6-16-17(10-13)25-8-7-24-16)20-11-14-4-2-1-3-12(14)9-15(20)19(22)23/h1-6,10,15H,7-9,11H2,(H,22,23)/t15-/m1/s1. The van der Waals surface area contributed by atoms with Crippen molar-refractivity contribution in [2.24, 2.45) is 0 Å². The number of aliphatic carboxylic acids is 1. The molecule has 0 unspecified atom stereocenters. The van der Waals surface area contributed by atoms with Crippen LogP contribution in [0.2, 0.25) is 0 Å². The van der Waals surface area contributed by atoms with Gasteiger partial charge in [0, 0.05) is 18.5 Å². The number of ether oxygens (including phenoxy) is 2. The number of carboxylic acid groups (broad SMARTS) is 1. The summed E-state index contributed by atoms with van der Waals surface area (Å²) >= 11 is 0. The largest absolute Gasteiger partial charge is 0.486 e. The number of carbonyl (C=O) groups is 2. The quantitative estimate of drug-likeness (QED) is 0.907. The van der Waals surface area contributed by atoms with E-state index in [1.54, 1.807) is 18.2 Å². The number of carbonyl (C=O) groups excluding carboxylic acids is 1. The predicted molar refractivity (Wildman–Crippen MR) is 88.9 cm³/mol. The van der Waals surface area contributed by atoms with E-state index >= 15 is 0 Å². The van der Waals surface area contributed by atoms with Gasteiger partial charge in [-0.15, -0.1) is 0 Å². The van der Waals surface area contributed by atoms with Crippen molar-refractivity contribution in [2.75, 3.05) is 13.2 Å². The molecule has 2 aliphatic rings. The first-order chi connectivity index (χ1) is 12.1. The summed E-state index contributed by atoms with van der Waals surface area (Å²) in [6, 6.07) is 11.7. The Morgan fingerprint density at radius 2 is 1.72 bits per heavy atom. The van der Waals surface area contributed by atoms with Gasteiger partial charge in [0.25, 0.3) is 5.91 Å². The summed E-state index contributed by atoms with van der Waals surface area (Å²) in [5.41, 5.74) is 2.35. The first kappa shape index (κ1) is 15.5. The van der Waals surface area contributed by atoms with Crippen molar-refractivity contribution in [1.29, 1.82) is 0 Å². The molecular formula is C19H17NO5. The highest BCUT2D eigenvalue weighted by molar-refractivity contribution is 5.97. The number of hydrogen-bond donors (Lipinski definition) is 1. The fraction of sp³-hybridized carbons (Fsp3) is 0.263. The fourth-order valence-electron chi connectivity index (χ4n) is 3.30. The van der Waals surface area contributed by atoms with Gasteiger partial charge in [0.2, 0.25) is 0 Å². The van der Waals surface area contributed by atoms with Gasteiger partial charge < -0.3 is 19.5 Å². The highest BCUT2D eigenvalue weighted by Crippen LogP contribution is 2.32. The summed E-state index contributed by atoms with van der Waals surface area (Å²) in [5, 5.41) is 9.58. The minimum absolute atomic E-state index is 0.278. The second-order valence-corrected chi connectivity index (χ2v) is 6.12. The van der Waals surface area contributed by atoms with Crippen LogP contribution in [-0.2, 0) is 17.8 Å². The maximum atomic E-state index is 13.0. The average Bonchev–Trinajstić information content (AvgIpc) is 2.66. The maximum Gasteiger partial charge on any atom is 0.326 e. The Kier molecular flexibility index (Phi) is 3.80. The third-order valence-corrected chi connectivity index (χ3v) is 4.58. The van der Waals surface area contributed by atoms with Gasteiger partial charge in [-0.3, -0.25) is 4.79 Å². The van der Waals surface area contributed by atoms with Crippen molar-refractivity contribution in [3.05, 3.63) is 59.2 Å². The van der Waals surface area contributed by atoms with E-state index in [2.05, 4.69) is 0 Å². The first-order valence-corrected chi connectivity index (χ1v) is 8.13. The van der Waals surface area contributed by atoms with E-state index in [4.69, 9.17) is 9.47 Å². The molecule has 0 saturated carbocycles. The zero-order chi connectivity index (χ0) is 17.4. The molecule has 6 heteroatoms. The highest BCUT2D eigenvalue weighted by Gasteiger charge is 2.35. The predicted octanol–water partition coefficient (Wildman–Crippen LogP) is 2.11. The second-order valence-electron chi connectivity index (χ2n) is 6.12. The molecule has 0 fully saturated rings. The number of nitrogens with zero attached hydrogens (tertiary/aromatic N) is 1. The van der Waals surface area contributed by atoms with Crippen molar-refractivity contribution in [1.82, 2.24) is 4.90 Å². The number of fused-ring (bicyclic) bond motifs is 2. The first-order valence-electron chi connectivity index (χ1n) is 8.13. The molecule has 1 N–H and O–H groups in total. The lowest BCUT2D eigenvalue weighted by Crippen LogP contribution is -2.48. The molecule has 1 atom stereocenters. The normalized spacial score (nSPS) is 18.4. The van der Waals surface area contributed by atoms with Crippen molar-refractivity contribution in [2.45, 2.75) is 19.0 Å². The summed E-state index contributed by atoms with van der Waals surface area (Å²) < 4.78 is 11.0. The molecule has 25 heavy (non-hydrogen) atoms. The van der Waals surface area contributed by atoms with E-state index in [1.807, 2.05) is 24.3 Å². The van der Waals surface area contributed by atoms with E-state index in [0.717, 1.165) is 11.1 Å². The highest BCUT2D eigenvalue weighted by atomic mass is 16.6. The van der Waals surface area contributed by atoms with Crippen LogP contribution in [0, 0.1) is 0 Å². The van der Waals surface area contributed by atoms with E-state index in [0.29, 0.717) is 36.7 Å². The topological polar surface area (TPSA) is 76.1 Å². The van der Waals surface area contributed by atoms with Crippen molar-refractivity contribution in [3.8, 4) is 11.5 Å². The Hall–Kier alpha value is -3.02. The van der Waals surface area contributed by atoms with Crippen LogP contribution in [0.25, 0.3) is 0 Å². The van der Waals surface area contributed by atoms with Crippen LogP contribution in [0.3, 0.4) is 0 Å². The van der Waals surface area contributed by atoms with Crippen LogP contribution in [-0.4, -0.2) is 41.1 Å². The fourth-order valence-corrected chi connectivity index (χ4v) is 3.30. The third kappa shape index (κ3) is 2.80. The van der Waals surface area contributed by atoms with Gasteiger partial charge in [0.05, 0.1) is 0 Å². The summed E-state index contributed by atoms with van der Waals surface area (Å²) in [6.07, 6.45) is 0.307. The number of carboxylic acids is 1. The van der Waals surface area contributed by atoms with E-state index in [1.165, 1.54) is 4.90 Å². The third-order valence-electron chi connectivity index (χ3n) is 4.58. The zero-order valence-corrected chi connectivity index (χ0v) is 13.5. The van der Waals surface area contributed by atoms with Crippen molar-refractivity contribution in [3.63, 3.8) is 0 Å². The van der Waals surface area contributed by atoms with Crippen LogP contribution in [0.4, 0.5) is 0 Å². The summed E-state index contributed by atoms with van der Waals surface area (Å²) in [4.78, 5) is 26.1. The van der Waals surface area contributed by atoms with E-state index < -0.39 is 12.0 Å². The monoisotopic (exact) mass is 339 g/mol. The van der Waals surface area contributed by atoms with E-state index in [9.17, 15) is 14.7 Å². The van der Waals surface area contributed by atoms with Crippen LogP contribution < -0.4 is 9.47 Å². The zero-order valence-electron chi connectivity index (χ0n) is 13.5. The molecule has 0 spiro atoms. The minimum atomic E-state index is -1.000. The molecule has 2 heterocycles. The molecular weight excluding hydrogens is 322 g/mol. The van der Waals surface area contributed by atoms with Gasteiger partial charge in [-0.1, -0.05) is 24.3 Å². The Bertz CT molecular complexity index is 847. The van der Waals surface area contributed by atoms with Crippen LogP contribution in [0.15, 0.2) is 42.5 Å². The van der Waals surface area contributed by atoms with Gasteiger partial charge >= 0.3 is 5.97 Å². The van der Waals surface area contributed by atoms with E-state index in [-0.39, 0.29) is 12.5 Å². The Labute approximate surface area is 144 Å². The molecule has 1 amide bonds. The van der Waals surface area contributed by atoms with Crippen LogP contribution in [0.5, 0.6) is 11.5 Å². The lowest BCUT2D eigenvalue weighted by molar-refractivity contribution is -0.142. The average molecular weight is 339 g/mol. The Morgan fingerprint density at radius 1 is 1.00 bits per heavy atom. The molecule has 0 bridgehead atoms. The lowest BCUT2D eigenvalue weighted by Gasteiger charge is -2.34. The van der Waals surface area contributed by atoms with Gasteiger partial charge in [-0.05, 0) is 29.3 Å². The minimum Gasteiger partial charge on any atom is -0.486 e. The van der Waals surface area contributed by atoms with Gasteiger partial charge in [-0.25, -0.2) is 4.79 Å². The van der Waals surface area contributed by atoms with Gasteiger partial charge in [0.15, 0.2) is 11.5 Å². The van der Waals surface area contributed by atoms with Crippen molar-refractivity contribution < 1.29 is 24.2 Å². The number of benzene rings is 2. The number of hydrogen-bond acceptors (Lipinski definition) is 4. The molecule has 2 aliphatic heterocycles. The summed E-state index contributed by atoms with van der Waals surface area (Å²) in [7, 11) is 0. The van der Waals surface area contributed by atoms with Gasteiger partial charge in [-0.2, -0.15) is 0 Å². The summed E-state index contributed by atoms with van der Waals surface area (Å²) in [5.74, 6) is -0.206. The van der Waals surface area contributed by atoms with Crippen LogP contribution >= 0.6 is 0 Å². The molecule has 2 aromatic rings. The molecule has 6 nitrogen and oxygen atoms in total. The SMILES string of the molecule is O=C(O)[C@H]1Cc2ccccc2CN1C(=O)c1ccc2c(c1)OCCO2. The van der Waals surface area contributed by atoms with Crippen LogP contribution in [0.1, 0.15) is 21.5 Å². The molecule has 0 aliphatic carbocycles. The molecule has 0 aromatic heterocycles. The summed E-state index contributed by atoms with van der Waals surface area (Å²) in [6.45, 7) is 1.18. The smallest absolute Gasteiger partial charge is 0.326 e. The lowest BCUT2D eigenvalue weighted by atomic mass is 9.93. The molecule has 128 valence electrons. The molecule has 0 radical (unpaired) electrons. The number of rotatable bonds is 2. The number of amides is 1. The molecule has 4 rings (SSSR count). The Balaban J connectivity index is 1.67. The molecule has 2 aromatic carbocycles. The van der Waals surface area contributed by atoms with Crippen molar-refractivity contribution >= 4 is 11.9 Å². The maximum absolute atomic E-state index is 13.0. The Morgan fingerprint density at radius 3 is 2.48 bits per heavy atom. The van der Waals surface area contributed by atoms with Gasteiger partial charge in [0.1, 0.15) is 19.3 Å². The second kappa shape index (κ2) is 6.12.